The molecular formula is C15H18N4O2. The minimum Gasteiger partial charge on any atom is -0.506 e. The largest absolute Gasteiger partial charge is 0.506 e. The van der Waals surface area contributed by atoms with E-state index in [2.05, 4.69) is 20.2 Å². The first kappa shape index (κ1) is 13.6. The Kier molecular flexibility index (Phi) is 4.16. The molecule has 0 aromatic carbocycles. The first-order valence-electron chi connectivity index (χ1n) is 6.98. The molecule has 0 amide bonds. The van der Waals surface area contributed by atoms with Gasteiger partial charge in [0, 0.05) is 13.1 Å². The summed E-state index contributed by atoms with van der Waals surface area (Å²) >= 11 is 0. The van der Waals surface area contributed by atoms with E-state index in [4.69, 9.17) is 4.74 Å². The Balaban J connectivity index is 1.57. The van der Waals surface area contributed by atoms with Crippen molar-refractivity contribution in [2.75, 3.05) is 36.5 Å². The summed E-state index contributed by atoms with van der Waals surface area (Å²) < 4.78 is 5.33. The molecule has 2 aromatic rings. The molecule has 0 bridgehead atoms. The van der Waals surface area contributed by atoms with E-state index in [-0.39, 0.29) is 5.75 Å². The van der Waals surface area contributed by atoms with E-state index in [1.165, 1.54) is 6.20 Å². The van der Waals surface area contributed by atoms with E-state index in [0.717, 1.165) is 43.5 Å². The molecule has 0 atom stereocenters. The van der Waals surface area contributed by atoms with Crippen molar-refractivity contribution in [1.29, 1.82) is 0 Å². The Labute approximate surface area is 123 Å². The average Bonchev–Trinajstić information content (AvgIpc) is 2.56. The average molecular weight is 286 g/mol. The molecule has 21 heavy (non-hydrogen) atoms. The van der Waals surface area contributed by atoms with Crippen molar-refractivity contribution in [1.82, 2.24) is 9.97 Å². The zero-order valence-corrected chi connectivity index (χ0v) is 11.7. The summed E-state index contributed by atoms with van der Waals surface area (Å²) in [7, 11) is 0. The van der Waals surface area contributed by atoms with Gasteiger partial charge in [0.15, 0.2) is 0 Å². The van der Waals surface area contributed by atoms with Gasteiger partial charge in [-0.15, -0.1) is 0 Å². The number of hydrogen-bond acceptors (Lipinski definition) is 6. The zero-order chi connectivity index (χ0) is 14.5. The molecular weight excluding hydrogens is 268 g/mol. The Hall–Kier alpha value is -2.34. The van der Waals surface area contributed by atoms with Crippen LogP contribution in [-0.4, -0.2) is 41.4 Å². The minimum atomic E-state index is 0.176. The van der Waals surface area contributed by atoms with Crippen molar-refractivity contribution in [3.8, 4) is 5.75 Å². The lowest BCUT2D eigenvalue weighted by Gasteiger charge is -2.27. The van der Waals surface area contributed by atoms with Gasteiger partial charge in [0.05, 0.1) is 43.5 Å². The minimum absolute atomic E-state index is 0.176. The lowest BCUT2D eigenvalue weighted by molar-refractivity contribution is 0.122. The van der Waals surface area contributed by atoms with Gasteiger partial charge in [-0.05, 0) is 24.3 Å². The number of anilines is 2. The number of nitrogens with one attached hydrogen (secondary N) is 1. The van der Waals surface area contributed by atoms with Gasteiger partial charge in [-0.1, -0.05) is 0 Å². The number of rotatable bonds is 4. The molecule has 0 spiro atoms. The van der Waals surface area contributed by atoms with Crippen molar-refractivity contribution in [3.63, 3.8) is 0 Å². The third kappa shape index (κ3) is 3.61. The van der Waals surface area contributed by atoms with Crippen LogP contribution in [0, 0.1) is 0 Å². The van der Waals surface area contributed by atoms with Crippen molar-refractivity contribution in [3.05, 3.63) is 42.4 Å². The Bertz CT molecular complexity index is 565. The van der Waals surface area contributed by atoms with Gasteiger partial charge < -0.3 is 20.1 Å². The quantitative estimate of drug-likeness (QED) is 0.890. The number of ether oxygens (including phenoxy) is 1. The van der Waals surface area contributed by atoms with Crippen LogP contribution < -0.4 is 10.2 Å². The summed E-state index contributed by atoms with van der Waals surface area (Å²) in [6.45, 7) is 3.88. The van der Waals surface area contributed by atoms with Crippen LogP contribution in [0.15, 0.2) is 36.7 Å². The number of nitrogens with zero attached hydrogens (tertiary/aromatic N) is 3. The Morgan fingerprint density at radius 2 is 1.95 bits per heavy atom. The monoisotopic (exact) mass is 286 g/mol. The molecule has 3 rings (SSSR count). The predicted molar refractivity (Wildman–Crippen MR) is 80.5 cm³/mol. The van der Waals surface area contributed by atoms with Crippen LogP contribution in [0.1, 0.15) is 5.69 Å². The van der Waals surface area contributed by atoms with Crippen molar-refractivity contribution >= 4 is 11.5 Å². The van der Waals surface area contributed by atoms with Crippen LogP contribution in [-0.2, 0) is 11.3 Å². The third-order valence-corrected chi connectivity index (χ3v) is 3.37. The molecule has 6 heteroatoms. The van der Waals surface area contributed by atoms with Crippen molar-refractivity contribution in [2.24, 2.45) is 0 Å². The highest BCUT2D eigenvalue weighted by Crippen LogP contribution is 2.16. The summed E-state index contributed by atoms with van der Waals surface area (Å²) in [5.41, 5.74) is 1.81. The molecule has 0 radical (unpaired) electrons. The van der Waals surface area contributed by atoms with Crippen LogP contribution in [0.4, 0.5) is 11.5 Å². The second-order valence-electron chi connectivity index (χ2n) is 4.87. The van der Waals surface area contributed by atoms with E-state index >= 15 is 0 Å². The second-order valence-corrected chi connectivity index (χ2v) is 4.87. The lowest BCUT2D eigenvalue weighted by atomic mass is 10.3. The van der Waals surface area contributed by atoms with Crippen molar-refractivity contribution < 1.29 is 9.84 Å². The van der Waals surface area contributed by atoms with Gasteiger partial charge in [0.25, 0.3) is 0 Å². The number of aromatic hydroxyl groups is 1. The molecule has 3 heterocycles. The molecule has 2 aromatic heterocycles. The molecule has 0 unspecified atom stereocenters. The van der Waals surface area contributed by atoms with Crippen LogP contribution in [0.25, 0.3) is 0 Å². The van der Waals surface area contributed by atoms with E-state index in [1.54, 1.807) is 12.1 Å². The van der Waals surface area contributed by atoms with Gasteiger partial charge >= 0.3 is 0 Å². The lowest BCUT2D eigenvalue weighted by Crippen LogP contribution is -2.36. The fraction of sp³-hybridized carbons (Fsp3) is 0.333. The second kappa shape index (κ2) is 6.41. The fourth-order valence-electron chi connectivity index (χ4n) is 2.18. The first-order chi connectivity index (χ1) is 10.3. The van der Waals surface area contributed by atoms with E-state index in [0.29, 0.717) is 6.54 Å². The molecule has 0 saturated carbocycles. The highest BCUT2D eigenvalue weighted by Gasteiger charge is 2.11. The fourth-order valence-corrected chi connectivity index (χ4v) is 2.18. The maximum Gasteiger partial charge on any atom is 0.133 e. The molecule has 0 aliphatic carbocycles. The normalized spacial score (nSPS) is 15.0. The van der Waals surface area contributed by atoms with Crippen molar-refractivity contribution in [2.45, 2.75) is 6.54 Å². The predicted octanol–water partition coefficient (Wildman–Crippen LogP) is 1.63. The Morgan fingerprint density at radius 3 is 2.62 bits per heavy atom. The van der Waals surface area contributed by atoms with Crippen LogP contribution in [0.3, 0.4) is 0 Å². The maximum atomic E-state index is 9.19. The smallest absolute Gasteiger partial charge is 0.133 e. The number of hydrogen-bond donors (Lipinski definition) is 2. The maximum absolute atomic E-state index is 9.19. The van der Waals surface area contributed by atoms with E-state index in [1.807, 2.05) is 18.3 Å². The summed E-state index contributed by atoms with van der Waals surface area (Å²) in [6.07, 6.45) is 3.27. The summed E-state index contributed by atoms with van der Waals surface area (Å²) in [6, 6.07) is 7.44. The molecule has 1 saturated heterocycles. The molecule has 110 valence electrons. The van der Waals surface area contributed by atoms with Crippen LogP contribution in [0.5, 0.6) is 5.75 Å². The standard InChI is InChI=1S/C15H18N4O2/c20-14-3-1-12(17-11-14)9-16-13-2-4-15(18-10-13)19-5-7-21-8-6-19/h1-4,10-11,16,20H,5-9H2. The molecule has 6 nitrogen and oxygen atoms in total. The topological polar surface area (TPSA) is 70.5 Å². The molecule has 1 fully saturated rings. The van der Waals surface area contributed by atoms with Gasteiger partial charge in [0.2, 0.25) is 0 Å². The molecule has 1 aliphatic rings. The van der Waals surface area contributed by atoms with Gasteiger partial charge in [-0.3, -0.25) is 4.98 Å². The van der Waals surface area contributed by atoms with E-state index < -0.39 is 0 Å². The molecule has 2 N–H and O–H groups in total. The zero-order valence-electron chi connectivity index (χ0n) is 11.7. The van der Waals surface area contributed by atoms with Crippen LogP contribution in [0.2, 0.25) is 0 Å². The summed E-state index contributed by atoms with van der Waals surface area (Å²) in [5, 5.41) is 12.5. The third-order valence-electron chi connectivity index (χ3n) is 3.37. The summed E-state index contributed by atoms with van der Waals surface area (Å²) in [4.78, 5) is 10.8. The van der Waals surface area contributed by atoms with Crippen LogP contribution >= 0.6 is 0 Å². The Morgan fingerprint density at radius 1 is 1.10 bits per heavy atom. The van der Waals surface area contributed by atoms with Gasteiger partial charge in [0.1, 0.15) is 11.6 Å². The SMILES string of the molecule is Oc1ccc(CNc2ccc(N3CCOCC3)nc2)nc1. The van der Waals surface area contributed by atoms with Gasteiger partial charge in [-0.2, -0.15) is 0 Å². The molecule has 1 aliphatic heterocycles. The number of aromatic nitrogens is 2. The first-order valence-corrected chi connectivity index (χ1v) is 6.98. The number of pyridine rings is 2. The number of morpholine rings is 1. The highest BCUT2D eigenvalue weighted by molar-refractivity contribution is 5.49. The van der Waals surface area contributed by atoms with Gasteiger partial charge in [-0.25, -0.2) is 4.98 Å². The highest BCUT2D eigenvalue weighted by atomic mass is 16.5. The summed E-state index contributed by atoms with van der Waals surface area (Å²) in [5.74, 6) is 1.15. The van der Waals surface area contributed by atoms with E-state index in [9.17, 15) is 5.11 Å².